The number of fused-ring (bicyclic) bond motifs is 1. The van der Waals surface area contributed by atoms with Gasteiger partial charge in [0.25, 0.3) is 0 Å². The number of hydrogen-bond donors (Lipinski definition) is 0. The highest BCUT2D eigenvalue weighted by Gasteiger charge is 2.10. The highest BCUT2D eigenvalue weighted by Crippen LogP contribution is 2.13. The predicted octanol–water partition coefficient (Wildman–Crippen LogP) is 2.45. The van der Waals surface area contributed by atoms with Gasteiger partial charge in [0.05, 0.1) is 5.69 Å². The molecule has 0 atom stereocenters. The van der Waals surface area contributed by atoms with Crippen LogP contribution in [0.3, 0.4) is 0 Å². The van der Waals surface area contributed by atoms with E-state index in [1.807, 2.05) is 16.6 Å². The van der Waals surface area contributed by atoms with Gasteiger partial charge < -0.3 is 0 Å². The third kappa shape index (κ3) is 2.05. The van der Waals surface area contributed by atoms with Crippen molar-refractivity contribution in [2.24, 2.45) is 5.92 Å². The van der Waals surface area contributed by atoms with Gasteiger partial charge in [0.2, 0.25) is 0 Å². The van der Waals surface area contributed by atoms with Crippen LogP contribution in [0.4, 0.5) is 0 Å². The summed E-state index contributed by atoms with van der Waals surface area (Å²) in [7, 11) is 0. The van der Waals surface area contributed by atoms with Crippen molar-refractivity contribution in [3.8, 4) is 0 Å². The molecule has 2 aromatic rings. The largest absolute Gasteiger partial charge is 0.197 e. The molecule has 2 aromatic heterocycles. The Labute approximate surface area is 95.7 Å². The highest BCUT2D eigenvalue weighted by atomic mass is 15.4. The second-order valence-electron chi connectivity index (χ2n) is 4.90. The zero-order chi connectivity index (χ0) is 11.7. The molecule has 0 aliphatic heterocycles. The summed E-state index contributed by atoms with van der Waals surface area (Å²) in [6, 6.07) is 4.01. The maximum absolute atomic E-state index is 4.58. The van der Waals surface area contributed by atoms with Crippen LogP contribution in [0.1, 0.15) is 45.1 Å². The molecular formula is C12H18N4. The van der Waals surface area contributed by atoms with Gasteiger partial charge in [-0.1, -0.05) is 27.7 Å². The lowest BCUT2D eigenvalue weighted by Gasteiger charge is -2.06. The first-order valence-electron chi connectivity index (χ1n) is 5.79. The van der Waals surface area contributed by atoms with Crippen LogP contribution in [-0.4, -0.2) is 19.8 Å². The average molecular weight is 218 g/mol. The molecule has 86 valence electrons. The van der Waals surface area contributed by atoms with Crippen molar-refractivity contribution in [2.45, 2.75) is 40.0 Å². The van der Waals surface area contributed by atoms with Crippen LogP contribution in [0.2, 0.25) is 0 Å². The van der Waals surface area contributed by atoms with E-state index in [0.717, 1.165) is 23.6 Å². The summed E-state index contributed by atoms with van der Waals surface area (Å²) in [5, 5.41) is 12.9. The molecule has 0 saturated heterocycles. The van der Waals surface area contributed by atoms with Gasteiger partial charge in [-0.05, 0) is 24.0 Å². The van der Waals surface area contributed by atoms with Gasteiger partial charge in [-0.15, -0.1) is 10.2 Å². The Morgan fingerprint density at radius 1 is 1.12 bits per heavy atom. The minimum Gasteiger partial charge on any atom is -0.197 e. The van der Waals surface area contributed by atoms with Crippen LogP contribution in [0.5, 0.6) is 0 Å². The third-order valence-electron chi connectivity index (χ3n) is 2.53. The molecule has 2 heterocycles. The van der Waals surface area contributed by atoms with Crippen molar-refractivity contribution in [1.82, 2.24) is 19.8 Å². The fourth-order valence-electron chi connectivity index (χ4n) is 1.65. The Bertz CT molecular complexity index is 485. The van der Waals surface area contributed by atoms with E-state index in [1.54, 1.807) is 0 Å². The maximum Gasteiger partial charge on any atom is 0.177 e. The zero-order valence-corrected chi connectivity index (χ0v) is 10.3. The van der Waals surface area contributed by atoms with Crippen LogP contribution in [-0.2, 0) is 6.42 Å². The average Bonchev–Trinajstić information content (AvgIpc) is 2.60. The number of hydrogen-bond acceptors (Lipinski definition) is 3. The summed E-state index contributed by atoms with van der Waals surface area (Å²) in [5.74, 6) is 1.95. The van der Waals surface area contributed by atoms with Crippen LogP contribution in [0.15, 0.2) is 12.1 Å². The van der Waals surface area contributed by atoms with Gasteiger partial charge >= 0.3 is 0 Å². The van der Waals surface area contributed by atoms with Crippen molar-refractivity contribution in [1.29, 1.82) is 0 Å². The minimum absolute atomic E-state index is 0.429. The van der Waals surface area contributed by atoms with E-state index in [0.29, 0.717) is 11.8 Å². The molecule has 4 heteroatoms. The lowest BCUT2D eigenvalue weighted by Crippen LogP contribution is -2.05. The molecule has 0 aliphatic carbocycles. The molecule has 0 aliphatic rings. The SMILES string of the molecule is CC(C)Cc1nnc2ccc(C(C)C)nn12. The van der Waals surface area contributed by atoms with E-state index in [4.69, 9.17) is 0 Å². The molecular weight excluding hydrogens is 200 g/mol. The van der Waals surface area contributed by atoms with Gasteiger partial charge in [0, 0.05) is 6.42 Å². The summed E-state index contributed by atoms with van der Waals surface area (Å²) < 4.78 is 1.87. The molecule has 0 bridgehead atoms. The Kier molecular flexibility index (Phi) is 2.90. The number of aromatic nitrogens is 4. The Hall–Kier alpha value is -1.45. The van der Waals surface area contributed by atoms with E-state index >= 15 is 0 Å². The molecule has 0 unspecified atom stereocenters. The monoisotopic (exact) mass is 218 g/mol. The molecule has 0 amide bonds. The van der Waals surface area contributed by atoms with Gasteiger partial charge in [0.15, 0.2) is 11.5 Å². The summed E-state index contributed by atoms with van der Waals surface area (Å²) in [6.07, 6.45) is 0.912. The van der Waals surface area contributed by atoms with Gasteiger partial charge in [0.1, 0.15) is 0 Å². The summed E-state index contributed by atoms with van der Waals surface area (Å²) in [5.41, 5.74) is 1.91. The second-order valence-corrected chi connectivity index (χ2v) is 4.90. The second kappa shape index (κ2) is 4.20. The third-order valence-corrected chi connectivity index (χ3v) is 2.53. The van der Waals surface area contributed by atoms with Crippen molar-refractivity contribution in [2.75, 3.05) is 0 Å². The molecule has 0 fully saturated rings. The van der Waals surface area contributed by atoms with Crippen LogP contribution in [0, 0.1) is 5.92 Å². The van der Waals surface area contributed by atoms with E-state index in [1.165, 1.54) is 0 Å². The first-order chi connectivity index (χ1) is 7.58. The van der Waals surface area contributed by atoms with Gasteiger partial charge in [-0.3, -0.25) is 0 Å². The first kappa shape index (κ1) is 11.0. The normalized spacial score (nSPS) is 11.9. The topological polar surface area (TPSA) is 43.1 Å². The molecule has 4 nitrogen and oxygen atoms in total. The van der Waals surface area contributed by atoms with Crippen LogP contribution in [0.25, 0.3) is 5.65 Å². The molecule has 0 spiro atoms. The molecule has 0 radical (unpaired) electrons. The molecule has 0 N–H and O–H groups in total. The maximum atomic E-state index is 4.58. The van der Waals surface area contributed by atoms with E-state index in [-0.39, 0.29) is 0 Å². The smallest absolute Gasteiger partial charge is 0.177 e. The minimum atomic E-state index is 0.429. The predicted molar refractivity (Wildman–Crippen MR) is 63.4 cm³/mol. The lowest BCUT2D eigenvalue weighted by molar-refractivity contribution is 0.601. The Morgan fingerprint density at radius 2 is 1.88 bits per heavy atom. The first-order valence-corrected chi connectivity index (χ1v) is 5.79. The molecule has 16 heavy (non-hydrogen) atoms. The number of nitrogens with zero attached hydrogens (tertiary/aromatic N) is 4. The molecule has 0 aromatic carbocycles. The van der Waals surface area contributed by atoms with E-state index in [9.17, 15) is 0 Å². The standard InChI is InChI=1S/C12H18N4/c1-8(2)7-12-14-13-11-6-5-10(9(3)4)15-16(11)12/h5-6,8-9H,7H2,1-4H3. The van der Waals surface area contributed by atoms with Crippen molar-refractivity contribution >= 4 is 5.65 Å². The summed E-state index contributed by atoms with van der Waals surface area (Å²) in [6.45, 7) is 8.63. The van der Waals surface area contributed by atoms with E-state index in [2.05, 4.69) is 43.0 Å². The number of rotatable bonds is 3. The van der Waals surface area contributed by atoms with Gasteiger partial charge in [-0.25, -0.2) is 0 Å². The summed E-state index contributed by atoms with van der Waals surface area (Å²) >= 11 is 0. The van der Waals surface area contributed by atoms with Crippen LogP contribution < -0.4 is 0 Å². The van der Waals surface area contributed by atoms with Crippen molar-refractivity contribution < 1.29 is 0 Å². The fourth-order valence-corrected chi connectivity index (χ4v) is 1.65. The van der Waals surface area contributed by atoms with E-state index < -0.39 is 0 Å². The lowest BCUT2D eigenvalue weighted by atomic mass is 10.1. The fraction of sp³-hybridized carbons (Fsp3) is 0.583. The quantitative estimate of drug-likeness (QED) is 0.794. The zero-order valence-electron chi connectivity index (χ0n) is 10.3. The highest BCUT2D eigenvalue weighted by molar-refractivity contribution is 5.36. The Morgan fingerprint density at radius 3 is 2.50 bits per heavy atom. The summed E-state index contributed by atoms with van der Waals surface area (Å²) in [4.78, 5) is 0. The van der Waals surface area contributed by atoms with Gasteiger partial charge in [-0.2, -0.15) is 9.61 Å². The Balaban J connectivity index is 2.47. The van der Waals surface area contributed by atoms with Crippen molar-refractivity contribution in [3.05, 3.63) is 23.7 Å². The van der Waals surface area contributed by atoms with Crippen LogP contribution >= 0.6 is 0 Å². The van der Waals surface area contributed by atoms with Crippen molar-refractivity contribution in [3.63, 3.8) is 0 Å². The molecule has 2 rings (SSSR count). The molecule has 0 saturated carbocycles.